The van der Waals surface area contributed by atoms with Gasteiger partial charge in [-0.25, -0.2) is 0 Å². The van der Waals surface area contributed by atoms with E-state index in [0.29, 0.717) is 0 Å². The highest BCUT2D eigenvalue weighted by Gasteiger charge is 2.12. The van der Waals surface area contributed by atoms with Gasteiger partial charge in [-0.15, -0.1) is 5.92 Å². The van der Waals surface area contributed by atoms with Crippen LogP contribution in [0.3, 0.4) is 0 Å². The van der Waals surface area contributed by atoms with Crippen LogP contribution in [-0.2, 0) is 0 Å². The van der Waals surface area contributed by atoms with Crippen LogP contribution in [0, 0.1) is 23.7 Å². The van der Waals surface area contributed by atoms with E-state index in [1.54, 1.807) is 6.92 Å². The summed E-state index contributed by atoms with van der Waals surface area (Å²) < 4.78 is 39.7. The fourth-order valence-electron chi connectivity index (χ4n) is 0.790. The highest BCUT2D eigenvalue weighted by Crippen LogP contribution is 2.22. The molecule has 0 aromatic carbocycles. The van der Waals surface area contributed by atoms with E-state index < -0.39 is 24.6 Å². The van der Waals surface area contributed by atoms with E-state index in [0.717, 1.165) is 0 Å². The van der Waals surface area contributed by atoms with Gasteiger partial charge < -0.3 is 0 Å². The summed E-state index contributed by atoms with van der Waals surface area (Å²) in [5.41, 5.74) is 0. The first-order valence-corrected chi connectivity index (χ1v) is 4.93. The third-order valence-corrected chi connectivity index (χ3v) is 2.14. The zero-order valence-corrected chi connectivity index (χ0v) is 8.47. The first kappa shape index (κ1) is 4.32. The van der Waals surface area contributed by atoms with Crippen molar-refractivity contribution in [1.82, 2.24) is 0 Å². The summed E-state index contributed by atoms with van der Waals surface area (Å²) in [6, 6.07) is 0. The van der Waals surface area contributed by atoms with Gasteiger partial charge in [0.05, 0.1) is 0 Å². The molecular formula is C10H13I. The normalized spacial score (nSPS) is 51.8. The lowest BCUT2D eigenvalue weighted by Gasteiger charge is -2.17. The Labute approximate surface area is 89.6 Å². The van der Waals surface area contributed by atoms with Crippen molar-refractivity contribution < 1.29 is 6.85 Å². The third kappa shape index (κ3) is 2.86. The minimum Gasteiger partial charge on any atom is -0.106 e. The van der Waals surface area contributed by atoms with Crippen molar-refractivity contribution in [3.63, 3.8) is 0 Å². The Balaban J connectivity index is 3.31. The van der Waals surface area contributed by atoms with Gasteiger partial charge in [-0.3, -0.25) is 0 Å². The van der Waals surface area contributed by atoms with E-state index in [1.165, 1.54) is 12.2 Å². The molecule has 60 valence electrons. The summed E-state index contributed by atoms with van der Waals surface area (Å²) >= 11 is 1.91. The standard InChI is InChI=1S/C10H13I/c1-2-3-9-4-6-10(8-11)7-5-9/h4,6,9-10H,5,7-8H2,1H3/i5D2,7D2,10D. The van der Waals surface area contributed by atoms with Crippen molar-refractivity contribution >= 4 is 22.6 Å². The molecule has 1 aliphatic rings. The fourth-order valence-corrected chi connectivity index (χ4v) is 1.24. The summed E-state index contributed by atoms with van der Waals surface area (Å²) in [6.07, 6.45) is -1.43. The van der Waals surface area contributed by atoms with Crippen molar-refractivity contribution in [3.8, 4) is 11.8 Å². The maximum Gasteiger partial charge on any atom is 0.0382 e. The topological polar surface area (TPSA) is 0 Å². The second-order valence-electron chi connectivity index (χ2n) is 2.16. The molecule has 0 aromatic rings. The van der Waals surface area contributed by atoms with Crippen molar-refractivity contribution in [3.05, 3.63) is 12.2 Å². The molecule has 0 bridgehead atoms. The van der Waals surface area contributed by atoms with Crippen molar-refractivity contribution in [2.45, 2.75) is 19.7 Å². The van der Waals surface area contributed by atoms with E-state index >= 15 is 0 Å². The van der Waals surface area contributed by atoms with E-state index in [1.807, 2.05) is 22.6 Å². The number of alkyl halides is 1. The summed E-state index contributed by atoms with van der Waals surface area (Å²) in [6.45, 7) is 1.60. The van der Waals surface area contributed by atoms with Gasteiger partial charge in [0, 0.05) is 17.2 Å². The number of rotatable bonds is 1. The lowest BCUT2D eigenvalue weighted by atomic mass is 9.90. The van der Waals surface area contributed by atoms with E-state index in [2.05, 4.69) is 11.8 Å². The molecule has 0 heterocycles. The third-order valence-electron chi connectivity index (χ3n) is 1.32. The maximum absolute atomic E-state index is 7.99. The smallest absolute Gasteiger partial charge is 0.0382 e. The first-order valence-electron chi connectivity index (χ1n) is 5.90. The molecule has 0 spiro atoms. The Morgan fingerprint density at radius 1 is 1.73 bits per heavy atom. The van der Waals surface area contributed by atoms with Crippen LogP contribution in [0.4, 0.5) is 0 Å². The predicted octanol–water partition coefficient (Wildman–Crippen LogP) is 3.03. The monoisotopic (exact) mass is 265 g/mol. The fraction of sp³-hybridized carbons (Fsp3) is 0.600. The zero-order chi connectivity index (χ0) is 12.6. The van der Waals surface area contributed by atoms with Crippen LogP contribution in [0.2, 0.25) is 0 Å². The molecule has 0 radical (unpaired) electrons. The lowest BCUT2D eigenvalue weighted by Crippen LogP contribution is -2.07. The van der Waals surface area contributed by atoms with Crippen LogP contribution >= 0.6 is 22.6 Å². The van der Waals surface area contributed by atoms with Gasteiger partial charge >= 0.3 is 0 Å². The summed E-state index contributed by atoms with van der Waals surface area (Å²) in [4.78, 5) is 0. The van der Waals surface area contributed by atoms with Crippen LogP contribution in [-0.4, -0.2) is 4.43 Å². The number of hydrogen-bond donors (Lipinski definition) is 0. The Kier molecular flexibility index (Phi) is 1.89. The average Bonchev–Trinajstić information content (AvgIpc) is 2.21. The quantitative estimate of drug-likeness (QED) is 0.296. The first-order chi connectivity index (χ1) is 7.23. The van der Waals surface area contributed by atoms with Gasteiger partial charge in [0.15, 0.2) is 0 Å². The van der Waals surface area contributed by atoms with Gasteiger partial charge in [-0.2, -0.15) is 0 Å². The molecule has 11 heavy (non-hydrogen) atoms. The molecule has 1 heteroatoms. The minimum atomic E-state index is -2.25. The molecule has 1 rings (SSSR count). The second-order valence-corrected chi connectivity index (χ2v) is 2.92. The summed E-state index contributed by atoms with van der Waals surface area (Å²) in [7, 11) is 0. The highest BCUT2D eigenvalue weighted by atomic mass is 127. The number of allylic oxidation sites excluding steroid dienone is 2. The van der Waals surface area contributed by atoms with Gasteiger partial charge in [-0.1, -0.05) is 40.7 Å². The molecule has 0 aliphatic heterocycles. The number of halogens is 1. The van der Waals surface area contributed by atoms with Crippen LogP contribution in [0.5, 0.6) is 0 Å². The Bertz CT molecular complexity index is 365. The molecule has 1 aliphatic carbocycles. The molecule has 2 unspecified atom stereocenters. The molecule has 0 saturated carbocycles. The predicted molar refractivity (Wildman–Crippen MR) is 57.7 cm³/mol. The Hall–Kier alpha value is 0.0300. The second kappa shape index (κ2) is 4.82. The average molecular weight is 265 g/mol. The lowest BCUT2D eigenvalue weighted by molar-refractivity contribution is 0.548. The van der Waals surface area contributed by atoms with Gasteiger partial charge in [0.25, 0.3) is 0 Å². The number of hydrogen-bond acceptors (Lipinski definition) is 0. The Morgan fingerprint density at radius 2 is 2.55 bits per heavy atom. The minimum absolute atomic E-state index is 0.208. The van der Waals surface area contributed by atoms with Gasteiger partial charge in [0.1, 0.15) is 0 Å². The van der Waals surface area contributed by atoms with E-state index in [-0.39, 0.29) is 4.43 Å². The van der Waals surface area contributed by atoms with Crippen LogP contribution in [0.1, 0.15) is 26.5 Å². The SMILES string of the molecule is [2H]C1(CI)C=CC(C#CC)C([2H])([2H])C1([2H])[2H]. The molecule has 0 saturated heterocycles. The van der Waals surface area contributed by atoms with Gasteiger partial charge in [0.2, 0.25) is 0 Å². The highest BCUT2D eigenvalue weighted by molar-refractivity contribution is 14.1. The van der Waals surface area contributed by atoms with E-state index in [9.17, 15) is 0 Å². The maximum atomic E-state index is 7.99. The summed E-state index contributed by atoms with van der Waals surface area (Å²) in [5.74, 6) is 2.95. The van der Waals surface area contributed by atoms with Crippen LogP contribution < -0.4 is 0 Å². The largest absolute Gasteiger partial charge is 0.106 e. The van der Waals surface area contributed by atoms with Crippen LogP contribution in [0.25, 0.3) is 0 Å². The van der Waals surface area contributed by atoms with Crippen molar-refractivity contribution in [2.75, 3.05) is 4.43 Å². The summed E-state index contributed by atoms with van der Waals surface area (Å²) in [5, 5.41) is 0. The van der Waals surface area contributed by atoms with Crippen molar-refractivity contribution in [2.24, 2.45) is 11.8 Å². The Morgan fingerprint density at radius 3 is 3.18 bits per heavy atom. The molecule has 2 atom stereocenters. The van der Waals surface area contributed by atoms with Crippen LogP contribution in [0.15, 0.2) is 12.2 Å². The van der Waals surface area contributed by atoms with E-state index in [4.69, 9.17) is 6.85 Å². The molecular weight excluding hydrogens is 247 g/mol. The van der Waals surface area contributed by atoms with Gasteiger partial charge in [-0.05, 0) is 25.6 Å². The van der Waals surface area contributed by atoms with Crippen molar-refractivity contribution in [1.29, 1.82) is 0 Å². The molecule has 0 nitrogen and oxygen atoms in total. The molecule has 0 amide bonds. The molecule has 0 N–H and O–H groups in total. The molecule has 0 aromatic heterocycles. The molecule has 0 fully saturated rings. The zero-order valence-electron chi connectivity index (χ0n) is 11.3.